The van der Waals surface area contributed by atoms with E-state index in [2.05, 4.69) is 30.5 Å². The molecule has 0 amide bonds. The molecule has 24 heavy (non-hydrogen) atoms. The van der Waals surface area contributed by atoms with Crippen LogP contribution in [0.15, 0.2) is 12.4 Å². The van der Waals surface area contributed by atoms with Crippen molar-refractivity contribution >= 4 is 11.6 Å². The van der Waals surface area contributed by atoms with Crippen molar-refractivity contribution in [2.45, 2.75) is 38.5 Å². The molecule has 1 aliphatic heterocycles. The molecule has 0 fully saturated rings. The van der Waals surface area contributed by atoms with Crippen molar-refractivity contribution in [2.24, 2.45) is 0 Å². The molecule has 11 heteroatoms. The van der Waals surface area contributed by atoms with Crippen molar-refractivity contribution in [3.63, 3.8) is 0 Å². The average Bonchev–Trinajstić information content (AvgIpc) is 3.12. The molecule has 0 saturated heterocycles. The van der Waals surface area contributed by atoms with Crippen LogP contribution in [0, 0.1) is 6.92 Å². The Hall–Kier alpha value is -2.72. The second-order valence-corrected chi connectivity index (χ2v) is 5.67. The lowest BCUT2D eigenvalue weighted by molar-refractivity contribution is -0.144. The lowest BCUT2D eigenvalue weighted by Crippen LogP contribution is -2.32. The third-order valence-corrected chi connectivity index (χ3v) is 3.85. The molecule has 0 saturated carbocycles. The van der Waals surface area contributed by atoms with Crippen molar-refractivity contribution in [1.82, 2.24) is 34.3 Å². The second kappa shape index (κ2) is 5.14. The highest BCUT2D eigenvalue weighted by Crippen LogP contribution is 2.27. The SMILES string of the molecule is Cc1cc(N[C@@H]2CCc3ncnn3C2)n2nc(C(F)(F)F)nc2n1. The van der Waals surface area contributed by atoms with Gasteiger partial charge in [0.1, 0.15) is 18.0 Å². The number of rotatable bonds is 2. The maximum Gasteiger partial charge on any atom is 0.453 e. The summed E-state index contributed by atoms with van der Waals surface area (Å²) < 4.78 is 41.4. The quantitative estimate of drug-likeness (QED) is 0.762. The summed E-state index contributed by atoms with van der Waals surface area (Å²) in [5, 5.41) is 10.9. The van der Waals surface area contributed by atoms with Crippen LogP contribution in [0.4, 0.5) is 19.0 Å². The summed E-state index contributed by atoms with van der Waals surface area (Å²) >= 11 is 0. The van der Waals surface area contributed by atoms with E-state index >= 15 is 0 Å². The third kappa shape index (κ3) is 2.55. The molecular weight excluding hydrogens is 325 g/mol. The summed E-state index contributed by atoms with van der Waals surface area (Å²) in [7, 11) is 0. The maximum absolute atomic E-state index is 12.8. The molecule has 0 aliphatic carbocycles. The molecule has 4 heterocycles. The second-order valence-electron chi connectivity index (χ2n) is 5.67. The van der Waals surface area contributed by atoms with E-state index in [1.54, 1.807) is 17.7 Å². The monoisotopic (exact) mass is 338 g/mol. The molecule has 1 aliphatic rings. The zero-order valence-corrected chi connectivity index (χ0v) is 12.6. The number of alkyl halides is 3. The van der Waals surface area contributed by atoms with Gasteiger partial charge >= 0.3 is 6.18 Å². The van der Waals surface area contributed by atoms with Crippen LogP contribution in [-0.4, -0.2) is 40.4 Å². The lowest BCUT2D eigenvalue weighted by Gasteiger charge is -2.24. The lowest BCUT2D eigenvalue weighted by atomic mass is 10.1. The van der Waals surface area contributed by atoms with Crippen molar-refractivity contribution < 1.29 is 13.2 Å². The van der Waals surface area contributed by atoms with Gasteiger partial charge in [0.15, 0.2) is 0 Å². The molecule has 3 aromatic heterocycles. The van der Waals surface area contributed by atoms with Gasteiger partial charge in [-0.15, -0.1) is 5.10 Å². The minimum Gasteiger partial charge on any atom is -0.365 e. The molecule has 126 valence electrons. The van der Waals surface area contributed by atoms with Gasteiger partial charge in [0.05, 0.1) is 6.54 Å². The van der Waals surface area contributed by atoms with Crippen LogP contribution >= 0.6 is 0 Å². The van der Waals surface area contributed by atoms with E-state index < -0.39 is 12.0 Å². The summed E-state index contributed by atoms with van der Waals surface area (Å²) in [6, 6.07) is 1.65. The third-order valence-electron chi connectivity index (χ3n) is 3.85. The van der Waals surface area contributed by atoms with E-state index in [1.807, 2.05) is 0 Å². The van der Waals surface area contributed by atoms with Crippen molar-refractivity contribution in [2.75, 3.05) is 5.32 Å². The molecule has 0 spiro atoms. The first-order valence-electron chi connectivity index (χ1n) is 7.35. The largest absolute Gasteiger partial charge is 0.453 e. The zero-order valence-electron chi connectivity index (χ0n) is 12.6. The number of aryl methyl sites for hydroxylation is 2. The van der Waals surface area contributed by atoms with Gasteiger partial charge in [-0.1, -0.05) is 0 Å². The number of fused-ring (bicyclic) bond motifs is 2. The number of hydrogen-bond donors (Lipinski definition) is 1. The summed E-state index contributed by atoms with van der Waals surface area (Å²) in [6.45, 7) is 2.28. The fourth-order valence-electron chi connectivity index (χ4n) is 2.77. The zero-order chi connectivity index (χ0) is 16.9. The molecule has 0 bridgehead atoms. The predicted molar refractivity (Wildman–Crippen MR) is 76.3 cm³/mol. The van der Waals surface area contributed by atoms with Crippen LogP contribution in [0.2, 0.25) is 0 Å². The van der Waals surface area contributed by atoms with Gasteiger partial charge in [-0.25, -0.2) is 14.6 Å². The first-order chi connectivity index (χ1) is 11.4. The Labute approximate surface area is 133 Å². The topological polar surface area (TPSA) is 85.8 Å². The van der Waals surface area contributed by atoms with E-state index in [9.17, 15) is 13.2 Å². The van der Waals surface area contributed by atoms with Gasteiger partial charge < -0.3 is 5.32 Å². The molecule has 1 atom stereocenters. The fourth-order valence-corrected chi connectivity index (χ4v) is 2.77. The Morgan fingerprint density at radius 2 is 2.12 bits per heavy atom. The summed E-state index contributed by atoms with van der Waals surface area (Å²) in [6.07, 6.45) is -1.57. The van der Waals surface area contributed by atoms with Gasteiger partial charge in [-0.2, -0.15) is 27.8 Å². The summed E-state index contributed by atoms with van der Waals surface area (Å²) in [5.74, 6) is 0.0474. The number of halogens is 3. The van der Waals surface area contributed by atoms with Gasteiger partial charge in [0.2, 0.25) is 0 Å². The Morgan fingerprint density at radius 3 is 2.92 bits per heavy atom. The van der Waals surface area contributed by atoms with Crippen molar-refractivity contribution in [3.05, 3.63) is 29.7 Å². The Morgan fingerprint density at radius 1 is 1.29 bits per heavy atom. The first-order valence-corrected chi connectivity index (χ1v) is 7.35. The minimum atomic E-state index is -4.61. The molecule has 8 nitrogen and oxygen atoms in total. The van der Waals surface area contributed by atoms with Crippen molar-refractivity contribution in [3.8, 4) is 0 Å². The molecule has 0 radical (unpaired) electrons. The Kier molecular flexibility index (Phi) is 3.18. The van der Waals surface area contributed by atoms with Crippen LogP contribution < -0.4 is 5.32 Å². The molecule has 0 aromatic carbocycles. The van der Waals surface area contributed by atoms with Gasteiger partial charge in [0, 0.05) is 24.2 Å². The molecule has 1 N–H and O–H groups in total. The van der Waals surface area contributed by atoms with Crippen LogP contribution in [0.25, 0.3) is 5.78 Å². The summed E-state index contributed by atoms with van der Waals surface area (Å²) in [5.41, 5.74) is 0.559. The highest BCUT2D eigenvalue weighted by Gasteiger charge is 2.37. The van der Waals surface area contributed by atoms with Crippen LogP contribution in [-0.2, 0) is 19.1 Å². The van der Waals surface area contributed by atoms with Crippen LogP contribution in [0.5, 0.6) is 0 Å². The Balaban J connectivity index is 1.67. The smallest absolute Gasteiger partial charge is 0.365 e. The highest BCUT2D eigenvalue weighted by molar-refractivity contribution is 5.46. The van der Waals surface area contributed by atoms with E-state index in [0.717, 1.165) is 23.2 Å². The minimum absolute atomic E-state index is 0.00253. The van der Waals surface area contributed by atoms with E-state index in [1.165, 1.54) is 6.33 Å². The average molecular weight is 338 g/mol. The van der Waals surface area contributed by atoms with Crippen LogP contribution in [0.1, 0.15) is 23.8 Å². The summed E-state index contributed by atoms with van der Waals surface area (Å²) in [4.78, 5) is 11.6. The van der Waals surface area contributed by atoms with E-state index in [0.29, 0.717) is 18.1 Å². The standard InChI is InChI=1S/C13H13F3N8/c1-7-4-10(20-8-2-3-9-17-6-18-23(9)5-8)24-12(19-7)21-11(22-24)13(14,15)16/h4,6,8,20H,2-3,5H2,1H3/t8-/m1/s1. The molecule has 0 unspecified atom stereocenters. The fraction of sp³-hybridized carbons (Fsp3) is 0.462. The molecule has 4 rings (SSSR count). The van der Waals surface area contributed by atoms with Gasteiger partial charge in [0.25, 0.3) is 11.6 Å². The molecule has 3 aromatic rings. The Bertz CT molecular complexity index is 896. The molecular formula is C13H13F3N8. The number of nitrogens with zero attached hydrogens (tertiary/aromatic N) is 7. The van der Waals surface area contributed by atoms with Crippen LogP contribution in [0.3, 0.4) is 0 Å². The predicted octanol–water partition coefficient (Wildman–Crippen LogP) is 1.47. The van der Waals surface area contributed by atoms with Gasteiger partial charge in [-0.3, -0.25) is 0 Å². The van der Waals surface area contributed by atoms with Crippen molar-refractivity contribution in [1.29, 1.82) is 0 Å². The number of nitrogens with one attached hydrogen (secondary N) is 1. The maximum atomic E-state index is 12.8. The normalized spacial score (nSPS) is 17.9. The first kappa shape index (κ1) is 14.8. The highest BCUT2D eigenvalue weighted by atomic mass is 19.4. The van der Waals surface area contributed by atoms with E-state index in [-0.39, 0.29) is 11.8 Å². The number of hydrogen-bond acceptors (Lipinski definition) is 6. The number of aromatic nitrogens is 7. The van der Waals surface area contributed by atoms with Gasteiger partial charge in [-0.05, 0) is 13.3 Å². The van der Waals surface area contributed by atoms with E-state index in [4.69, 9.17) is 0 Å². The number of anilines is 1.